The summed E-state index contributed by atoms with van der Waals surface area (Å²) in [5.41, 5.74) is 0.822. The third-order valence-electron chi connectivity index (χ3n) is 4.39. The quantitative estimate of drug-likeness (QED) is 0.637. The van der Waals surface area contributed by atoms with Gasteiger partial charge in [-0.1, -0.05) is 12.8 Å². The number of carbonyl (C=O) groups is 1. The van der Waals surface area contributed by atoms with Gasteiger partial charge in [-0.3, -0.25) is 4.79 Å². The molecule has 0 radical (unpaired) electrons. The van der Waals surface area contributed by atoms with E-state index < -0.39 is 0 Å². The minimum atomic E-state index is 0.213. The van der Waals surface area contributed by atoms with Gasteiger partial charge in [-0.25, -0.2) is 0 Å². The molecule has 1 aromatic heterocycles. The van der Waals surface area contributed by atoms with Crippen molar-refractivity contribution in [2.24, 2.45) is 5.92 Å². The maximum absolute atomic E-state index is 12.8. The van der Waals surface area contributed by atoms with Crippen molar-refractivity contribution < 1.29 is 4.79 Å². The van der Waals surface area contributed by atoms with E-state index in [4.69, 9.17) is 0 Å². The number of carbonyl (C=O) groups excluding carboxylic acids is 1. The summed E-state index contributed by atoms with van der Waals surface area (Å²) in [6, 6.07) is 2.43. The average Bonchev–Trinajstić information content (AvgIpc) is 2.76. The predicted molar refractivity (Wildman–Crippen MR) is 85.7 cm³/mol. The van der Waals surface area contributed by atoms with Gasteiger partial charge in [0.25, 0.3) is 5.91 Å². The van der Waals surface area contributed by atoms with Crippen LogP contribution in [0.25, 0.3) is 0 Å². The molecule has 2 heterocycles. The van der Waals surface area contributed by atoms with E-state index in [0.29, 0.717) is 6.04 Å². The van der Waals surface area contributed by atoms with Crippen LogP contribution in [0.3, 0.4) is 0 Å². The first kappa shape index (κ1) is 14.1. The first-order valence-electron chi connectivity index (χ1n) is 6.92. The van der Waals surface area contributed by atoms with E-state index in [1.165, 1.54) is 32.1 Å². The maximum atomic E-state index is 12.8. The summed E-state index contributed by atoms with van der Waals surface area (Å²) in [5.74, 6) is 0.956. The van der Waals surface area contributed by atoms with Gasteiger partial charge in [0.05, 0.1) is 13.1 Å². The largest absolute Gasteiger partial charge is 0.335 e. The molecule has 2 nitrogen and oxygen atoms in total. The van der Waals surface area contributed by atoms with Crippen LogP contribution in [0.1, 0.15) is 48.9 Å². The number of nitrogens with zero attached hydrogens (tertiary/aromatic N) is 1. The summed E-state index contributed by atoms with van der Waals surface area (Å²) in [5, 5.41) is 0. The van der Waals surface area contributed by atoms with Crippen LogP contribution < -0.4 is 0 Å². The van der Waals surface area contributed by atoms with Crippen molar-refractivity contribution in [3.63, 3.8) is 0 Å². The molecule has 1 saturated carbocycles. The summed E-state index contributed by atoms with van der Waals surface area (Å²) in [4.78, 5) is 14.9. The first-order chi connectivity index (χ1) is 9.16. The molecule has 2 aliphatic rings. The Labute approximate surface area is 134 Å². The molecule has 2 atom stereocenters. The Morgan fingerprint density at radius 1 is 1.21 bits per heavy atom. The second-order valence-electron chi connectivity index (χ2n) is 5.49. The van der Waals surface area contributed by atoms with Gasteiger partial charge >= 0.3 is 0 Å². The molecule has 0 aromatic carbocycles. The fourth-order valence-electron chi connectivity index (χ4n) is 3.52. The zero-order valence-corrected chi connectivity index (χ0v) is 14.7. The molecule has 1 aromatic rings. The van der Waals surface area contributed by atoms with Crippen LogP contribution in [-0.4, -0.2) is 23.4 Å². The van der Waals surface area contributed by atoms with Gasteiger partial charge in [0, 0.05) is 12.6 Å². The lowest BCUT2D eigenvalue weighted by Crippen LogP contribution is -2.49. The SMILES string of the molecule is O=C(c1cc(Br)sc1Br)N1CCC[C@H]2CCCC[C@H]21. The van der Waals surface area contributed by atoms with Crippen molar-refractivity contribution >= 4 is 49.1 Å². The predicted octanol–water partition coefficient (Wildman–Crippen LogP) is 5.07. The van der Waals surface area contributed by atoms with Crippen molar-refractivity contribution in [3.05, 3.63) is 19.2 Å². The normalized spacial score (nSPS) is 27.2. The van der Waals surface area contributed by atoms with Crippen molar-refractivity contribution in [3.8, 4) is 0 Å². The zero-order valence-electron chi connectivity index (χ0n) is 10.7. The molecule has 0 spiro atoms. The maximum Gasteiger partial charge on any atom is 0.256 e. The second-order valence-corrected chi connectivity index (χ2v) is 9.24. The van der Waals surface area contributed by atoms with E-state index in [9.17, 15) is 4.79 Å². The summed E-state index contributed by atoms with van der Waals surface area (Å²) >= 11 is 8.55. The Morgan fingerprint density at radius 3 is 2.68 bits per heavy atom. The summed E-state index contributed by atoms with van der Waals surface area (Å²) < 4.78 is 1.96. The Hall–Kier alpha value is 0.130. The lowest BCUT2D eigenvalue weighted by Gasteiger charge is -2.44. The molecular formula is C14H17Br2NOS. The molecule has 19 heavy (non-hydrogen) atoms. The molecule has 104 valence electrons. The van der Waals surface area contributed by atoms with Crippen molar-refractivity contribution in [2.45, 2.75) is 44.6 Å². The Bertz CT molecular complexity index is 486. The van der Waals surface area contributed by atoms with Crippen LogP contribution in [0.5, 0.6) is 0 Å². The van der Waals surface area contributed by atoms with Gasteiger partial charge in [0.1, 0.15) is 0 Å². The molecule has 0 unspecified atom stereocenters. The van der Waals surface area contributed by atoms with Crippen molar-refractivity contribution in [2.75, 3.05) is 6.54 Å². The fourth-order valence-corrected chi connectivity index (χ4v) is 6.30. The van der Waals surface area contributed by atoms with Crippen LogP contribution in [0.4, 0.5) is 0 Å². The Morgan fingerprint density at radius 2 is 1.95 bits per heavy atom. The number of piperidine rings is 1. The summed E-state index contributed by atoms with van der Waals surface area (Å²) in [6.45, 7) is 0.930. The molecule has 3 rings (SSSR count). The van der Waals surface area contributed by atoms with Gasteiger partial charge < -0.3 is 4.90 Å². The van der Waals surface area contributed by atoms with Gasteiger partial charge in [0.15, 0.2) is 0 Å². The molecule has 1 saturated heterocycles. The molecule has 0 N–H and O–H groups in total. The monoisotopic (exact) mass is 405 g/mol. The topological polar surface area (TPSA) is 20.3 Å². The molecular weight excluding hydrogens is 390 g/mol. The standard InChI is InChI=1S/C14H17Br2NOS/c15-12-8-10(13(16)19-12)14(18)17-7-3-5-9-4-1-2-6-11(9)17/h8-9,11H,1-7H2/t9-,11-/m1/s1. The van der Waals surface area contributed by atoms with Crippen LogP contribution in [0, 0.1) is 5.92 Å². The first-order valence-corrected chi connectivity index (χ1v) is 9.33. The number of hydrogen-bond donors (Lipinski definition) is 0. The van der Waals surface area contributed by atoms with Gasteiger partial charge in [0.2, 0.25) is 0 Å². The highest BCUT2D eigenvalue weighted by Crippen LogP contribution is 2.38. The third-order valence-corrected chi connectivity index (χ3v) is 6.73. The number of fused-ring (bicyclic) bond motifs is 1. The minimum absolute atomic E-state index is 0.213. The average molecular weight is 407 g/mol. The Kier molecular flexibility index (Phi) is 4.34. The lowest BCUT2D eigenvalue weighted by atomic mass is 9.78. The van der Waals surface area contributed by atoms with E-state index in [-0.39, 0.29) is 5.91 Å². The summed E-state index contributed by atoms with van der Waals surface area (Å²) in [6.07, 6.45) is 7.59. The third kappa shape index (κ3) is 2.79. The molecule has 0 bridgehead atoms. The van der Waals surface area contributed by atoms with Gasteiger partial charge in [-0.15, -0.1) is 11.3 Å². The van der Waals surface area contributed by atoms with E-state index in [1.807, 2.05) is 6.07 Å². The van der Waals surface area contributed by atoms with Gasteiger partial charge in [-0.05, 0) is 69.5 Å². The Balaban J connectivity index is 1.83. The van der Waals surface area contributed by atoms with E-state index in [0.717, 1.165) is 32.0 Å². The zero-order chi connectivity index (χ0) is 13.4. The highest BCUT2D eigenvalue weighted by molar-refractivity contribution is 9.12. The molecule has 2 fully saturated rings. The fraction of sp³-hybridized carbons (Fsp3) is 0.643. The smallest absolute Gasteiger partial charge is 0.256 e. The second kappa shape index (κ2) is 5.86. The molecule has 1 aliphatic carbocycles. The molecule has 5 heteroatoms. The number of rotatable bonds is 1. The highest BCUT2D eigenvalue weighted by Gasteiger charge is 2.36. The number of amides is 1. The number of halogens is 2. The minimum Gasteiger partial charge on any atom is -0.335 e. The van der Waals surface area contributed by atoms with E-state index >= 15 is 0 Å². The lowest BCUT2D eigenvalue weighted by molar-refractivity contribution is 0.0390. The van der Waals surface area contributed by atoms with E-state index in [1.54, 1.807) is 11.3 Å². The molecule has 1 aliphatic heterocycles. The summed E-state index contributed by atoms with van der Waals surface area (Å²) in [7, 11) is 0. The molecule has 1 amide bonds. The number of likely N-dealkylation sites (tertiary alicyclic amines) is 1. The van der Waals surface area contributed by atoms with E-state index in [2.05, 4.69) is 36.8 Å². The van der Waals surface area contributed by atoms with Crippen molar-refractivity contribution in [1.29, 1.82) is 0 Å². The van der Waals surface area contributed by atoms with Crippen LogP contribution in [0.2, 0.25) is 0 Å². The number of hydrogen-bond acceptors (Lipinski definition) is 2. The van der Waals surface area contributed by atoms with Crippen LogP contribution in [-0.2, 0) is 0 Å². The highest BCUT2D eigenvalue weighted by atomic mass is 79.9. The van der Waals surface area contributed by atoms with Gasteiger partial charge in [-0.2, -0.15) is 0 Å². The van der Waals surface area contributed by atoms with Crippen LogP contribution >= 0.6 is 43.2 Å². The number of thiophene rings is 1. The van der Waals surface area contributed by atoms with Crippen LogP contribution in [0.15, 0.2) is 13.6 Å². The van der Waals surface area contributed by atoms with Crippen molar-refractivity contribution in [1.82, 2.24) is 4.90 Å².